The molecule has 0 unspecified atom stereocenters. The molecule has 0 aromatic heterocycles. The summed E-state index contributed by atoms with van der Waals surface area (Å²) in [5.41, 5.74) is 0. The van der Waals surface area contributed by atoms with Gasteiger partial charge < -0.3 is 10.2 Å². The summed E-state index contributed by atoms with van der Waals surface area (Å²) in [5.74, 6) is -109. The third-order valence-corrected chi connectivity index (χ3v) is 12.1. The molecule has 0 aliphatic heterocycles. The van der Waals surface area contributed by atoms with Crippen molar-refractivity contribution in [3.05, 3.63) is 0 Å². The van der Waals surface area contributed by atoms with E-state index in [0.29, 0.717) is 0 Å². The monoisotopic (exact) mass is 1200 g/mol. The van der Waals surface area contributed by atoms with Gasteiger partial charge in [-0.1, -0.05) is 13.8 Å². The molecular formula is C26H20F34N2O8S2. The first-order valence-electron chi connectivity index (χ1n) is 16.6. The number of sulfonamides is 2. The predicted octanol–water partition coefficient (Wildman–Crippen LogP) is 10.2. The van der Waals surface area contributed by atoms with Gasteiger partial charge in [-0.25, -0.2) is 16.8 Å². The zero-order valence-corrected chi connectivity index (χ0v) is 34.8. The number of carboxylic acids is 2. The summed E-state index contributed by atoms with van der Waals surface area (Å²) in [6, 6.07) is 0. The molecule has 2 N–H and O–H groups in total. The topological polar surface area (TPSA) is 149 Å². The van der Waals surface area contributed by atoms with Crippen molar-refractivity contribution in [2.24, 2.45) is 0 Å². The van der Waals surface area contributed by atoms with Crippen molar-refractivity contribution in [2.75, 3.05) is 26.2 Å². The van der Waals surface area contributed by atoms with Crippen molar-refractivity contribution in [1.29, 1.82) is 0 Å². The molecule has 10 nitrogen and oxygen atoms in total. The number of carboxylic acid groups (broad SMARTS) is 2. The van der Waals surface area contributed by atoms with Crippen molar-refractivity contribution in [3.8, 4) is 0 Å². The minimum Gasteiger partial charge on any atom is -0.480 e. The fraction of sp³-hybridized carbons (Fsp3) is 0.923. The maximum atomic E-state index is 14.0. The first-order valence-corrected chi connectivity index (χ1v) is 19.5. The Bertz CT molecular complexity index is 2000. The number of nitrogens with zero attached hydrogens (tertiary/aromatic N) is 2. The summed E-state index contributed by atoms with van der Waals surface area (Å²) in [6.07, 6.45) is -17.4. The van der Waals surface area contributed by atoms with E-state index in [0.717, 1.165) is 13.8 Å². The maximum absolute atomic E-state index is 14.0. The van der Waals surface area contributed by atoms with E-state index in [1.165, 1.54) is 0 Å². The molecule has 0 amide bonds. The molecule has 0 bridgehead atoms. The minimum atomic E-state index is -8.94. The number of hydrogen-bond donors (Lipinski definition) is 2. The third-order valence-electron chi connectivity index (χ3n) is 8.28. The van der Waals surface area contributed by atoms with Crippen LogP contribution in [0.2, 0.25) is 0 Å². The highest BCUT2D eigenvalue weighted by Gasteiger charge is 2.98. The van der Waals surface area contributed by atoms with E-state index in [1.54, 1.807) is 0 Å². The molecule has 0 saturated heterocycles. The smallest absolute Gasteiger partial charge is 0.460 e. The SMILES string of the molecule is CCCN(CC(=O)O)S(=O)(=O)C(F)(F)C(F)(F)C(F)(F)C(F)(F)C(F)(F)C(F)(F)C(F)(F)C(F)(F)F.CCCN(CC(=O)O)S(=O)(=O)C(F)(F)C(F)(F)C(F)(F)C(F)(F)C(F)(F)C(F)(F)C(F)(F)C(F)(F)F. The van der Waals surface area contributed by atoms with Gasteiger partial charge >= 0.3 is 106 Å². The highest BCUT2D eigenvalue weighted by molar-refractivity contribution is 7.90. The summed E-state index contributed by atoms with van der Waals surface area (Å²) in [6.45, 7) is -5.95. The summed E-state index contributed by atoms with van der Waals surface area (Å²) in [5, 5.41) is 1.30. The van der Waals surface area contributed by atoms with E-state index in [2.05, 4.69) is 0 Å². The number of hydrogen-bond acceptors (Lipinski definition) is 6. The first kappa shape index (κ1) is 70.5. The lowest BCUT2D eigenvalue weighted by Crippen LogP contribution is -2.75. The van der Waals surface area contributed by atoms with Crippen LogP contribution in [0.1, 0.15) is 26.7 Å². The zero-order valence-electron chi connectivity index (χ0n) is 33.1. The van der Waals surface area contributed by atoms with Gasteiger partial charge in [-0.2, -0.15) is 158 Å². The predicted molar refractivity (Wildman–Crippen MR) is 158 cm³/mol. The first-order chi connectivity index (χ1) is 30.8. The van der Waals surface area contributed by atoms with E-state index in [9.17, 15) is 176 Å². The van der Waals surface area contributed by atoms with Crippen LogP contribution in [-0.4, -0.2) is 168 Å². The van der Waals surface area contributed by atoms with Gasteiger partial charge in [0.05, 0.1) is 0 Å². The zero-order chi connectivity index (χ0) is 59.6. The summed E-state index contributed by atoms with van der Waals surface area (Å²) in [7, 11) is -15.2. The third kappa shape index (κ3) is 10.3. The van der Waals surface area contributed by atoms with Crippen LogP contribution in [0.15, 0.2) is 0 Å². The second kappa shape index (κ2) is 19.8. The largest absolute Gasteiger partial charge is 0.480 e. The molecule has 0 saturated carbocycles. The van der Waals surface area contributed by atoms with Gasteiger partial charge in [0.25, 0.3) is 20.0 Å². The molecule has 0 fully saturated rings. The Hall–Kier alpha value is -3.62. The Morgan fingerprint density at radius 3 is 0.611 bits per heavy atom. The molecule has 0 rings (SSSR count). The number of rotatable bonds is 24. The lowest BCUT2D eigenvalue weighted by Gasteiger charge is -2.42. The van der Waals surface area contributed by atoms with Crippen LogP contribution in [-0.2, 0) is 29.6 Å². The van der Waals surface area contributed by atoms with Crippen LogP contribution in [0.4, 0.5) is 149 Å². The van der Waals surface area contributed by atoms with E-state index in [4.69, 9.17) is 10.2 Å². The quantitative estimate of drug-likeness (QED) is 0.0908. The Kier molecular flexibility index (Phi) is 19.4. The van der Waals surface area contributed by atoms with E-state index in [1.807, 2.05) is 0 Å². The normalized spacial score (nSPS) is 16.0. The van der Waals surface area contributed by atoms with Crippen molar-refractivity contribution < 1.29 is 186 Å². The van der Waals surface area contributed by atoms with Gasteiger partial charge in [0.2, 0.25) is 0 Å². The lowest BCUT2D eigenvalue weighted by molar-refractivity contribution is -0.458. The molecular weight excluding hydrogens is 1180 g/mol. The van der Waals surface area contributed by atoms with Crippen LogP contribution in [0, 0.1) is 0 Å². The molecule has 0 spiro atoms. The summed E-state index contributed by atoms with van der Waals surface area (Å²) >= 11 is 0. The van der Waals surface area contributed by atoms with Crippen LogP contribution in [0.3, 0.4) is 0 Å². The van der Waals surface area contributed by atoms with Gasteiger partial charge in [-0.15, -0.1) is 0 Å². The lowest BCUT2D eigenvalue weighted by atomic mass is 9.91. The van der Waals surface area contributed by atoms with Crippen LogP contribution >= 0.6 is 0 Å². The molecule has 0 aromatic carbocycles. The van der Waals surface area contributed by atoms with Crippen molar-refractivity contribution in [1.82, 2.24) is 8.61 Å². The van der Waals surface area contributed by atoms with Crippen LogP contribution in [0.5, 0.6) is 0 Å². The van der Waals surface area contributed by atoms with Crippen molar-refractivity contribution in [3.63, 3.8) is 0 Å². The highest BCUT2D eigenvalue weighted by Crippen LogP contribution is 2.66. The standard InChI is InChI=1S/2C13H10F17NO4S/c2*1-2-3-31(4-5(32)33)36(34,35)13(29,30)11(24,25)9(20,21)7(16,17)6(14,15)8(18,19)10(22,23)12(26,27)28/h2*2-4H2,1H3,(H,32,33). The van der Waals surface area contributed by atoms with Gasteiger partial charge in [0.15, 0.2) is 0 Å². The number of aliphatic carboxylic acids is 2. The maximum Gasteiger partial charge on any atom is 0.460 e. The Morgan fingerprint density at radius 2 is 0.472 bits per heavy atom. The number of halogens is 34. The second-order valence-electron chi connectivity index (χ2n) is 13.4. The Morgan fingerprint density at radius 1 is 0.319 bits per heavy atom. The average Bonchev–Trinajstić information content (AvgIpc) is 3.15. The van der Waals surface area contributed by atoms with Gasteiger partial charge in [0, 0.05) is 13.1 Å². The molecule has 0 radical (unpaired) electrons. The molecule has 72 heavy (non-hydrogen) atoms. The molecule has 0 aromatic rings. The number of alkyl halides is 34. The highest BCUT2D eigenvalue weighted by atomic mass is 32.2. The van der Waals surface area contributed by atoms with Crippen molar-refractivity contribution in [2.45, 2.75) is 121 Å². The van der Waals surface area contributed by atoms with Gasteiger partial charge in [-0.05, 0) is 12.8 Å². The molecule has 0 heterocycles. The minimum absolute atomic E-state index is 0.766. The average molecular weight is 1200 g/mol. The summed E-state index contributed by atoms with van der Waals surface area (Å²) in [4.78, 5) is 21.1. The van der Waals surface area contributed by atoms with E-state index < -0.39 is 174 Å². The molecule has 0 aliphatic rings. The van der Waals surface area contributed by atoms with E-state index in [-0.39, 0.29) is 0 Å². The fourth-order valence-electron chi connectivity index (χ4n) is 4.32. The number of carbonyl (C=O) groups is 2. The van der Waals surface area contributed by atoms with Crippen molar-refractivity contribution >= 4 is 32.0 Å². The summed E-state index contributed by atoms with van der Waals surface area (Å²) < 4.78 is 494. The van der Waals surface area contributed by atoms with Crippen LogP contribution in [0.25, 0.3) is 0 Å². The molecule has 0 aliphatic carbocycles. The molecule has 46 heteroatoms. The Labute approximate surface area is 373 Å². The Balaban J connectivity index is 0. The fourth-order valence-corrected chi connectivity index (χ4v) is 7.28. The molecule has 0 atom stereocenters. The van der Waals surface area contributed by atoms with Gasteiger partial charge in [-0.3, -0.25) is 9.59 Å². The molecule has 432 valence electrons. The van der Waals surface area contributed by atoms with E-state index >= 15 is 0 Å². The van der Waals surface area contributed by atoms with Gasteiger partial charge in [0.1, 0.15) is 13.1 Å². The van der Waals surface area contributed by atoms with Crippen LogP contribution < -0.4 is 0 Å². The second-order valence-corrected chi connectivity index (χ2v) is 17.3.